The van der Waals surface area contributed by atoms with E-state index in [1.807, 2.05) is 19.1 Å². The van der Waals surface area contributed by atoms with Gasteiger partial charge in [0.1, 0.15) is 5.82 Å². The molecule has 1 atom stereocenters. The van der Waals surface area contributed by atoms with Crippen LogP contribution in [0.2, 0.25) is 0 Å². The standard InChI is InChI=1S/C19H19FN2O2/c1-13-2-4-15(5-3-13)19(24)21-11-14-10-18(23)22(12-14)17-8-6-16(20)7-9-17/h2-9,14H,10-12H2,1H3,(H,21,24)/t14-/m1/s1. The van der Waals surface area contributed by atoms with Gasteiger partial charge in [-0.1, -0.05) is 17.7 Å². The van der Waals surface area contributed by atoms with Gasteiger partial charge in [0.2, 0.25) is 5.91 Å². The van der Waals surface area contributed by atoms with Crippen LogP contribution in [-0.4, -0.2) is 24.9 Å². The number of nitrogens with zero attached hydrogens (tertiary/aromatic N) is 1. The Hall–Kier alpha value is -2.69. The SMILES string of the molecule is Cc1ccc(C(=O)NC[C@H]2CC(=O)N(c3ccc(F)cc3)C2)cc1. The molecule has 1 aliphatic heterocycles. The molecule has 2 amide bonds. The third kappa shape index (κ3) is 3.62. The lowest BCUT2D eigenvalue weighted by Crippen LogP contribution is -2.31. The Bertz CT molecular complexity index is 741. The maximum Gasteiger partial charge on any atom is 0.251 e. The van der Waals surface area contributed by atoms with Gasteiger partial charge >= 0.3 is 0 Å². The molecule has 3 rings (SSSR count). The monoisotopic (exact) mass is 326 g/mol. The van der Waals surface area contributed by atoms with E-state index in [1.54, 1.807) is 29.2 Å². The molecule has 5 heteroatoms. The zero-order chi connectivity index (χ0) is 17.1. The molecule has 0 aromatic heterocycles. The molecule has 1 N–H and O–H groups in total. The molecular weight excluding hydrogens is 307 g/mol. The number of carbonyl (C=O) groups excluding carboxylic acids is 2. The van der Waals surface area contributed by atoms with E-state index >= 15 is 0 Å². The summed E-state index contributed by atoms with van der Waals surface area (Å²) in [5.74, 6) is -0.414. The summed E-state index contributed by atoms with van der Waals surface area (Å²) in [7, 11) is 0. The number of rotatable bonds is 4. The van der Waals surface area contributed by atoms with Gasteiger partial charge in [-0.2, -0.15) is 0 Å². The number of carbonyl (C=O) groups is 2. The van der Waals surface area contributed by atoms with Crippen LogP contribution in [-0.2, 0) is 4.79 Å². The fraction of sp³-hybridized carbons (Fsp3) is 0.263. The zero-order valence-corrected chi connectivity index (χ0v) is 13.5. The third-order valence-corrected chi connectivity index (χ3v) is 4.21. The summed E-state index contributed by atoms with van der Waals surface area (Å²) in [6, 6.07) is 13.2. The minimum Gasteiger partial charge on any atom is -0.352 e. The minimum atomic E-state index is -0.327. The van der Waals surface area contributed by atoms with Gasteiger partial charge in [-0.15, -0.1) is 0 Å². The highest BCUT2D eigenvalue weighted by Gasteiger charge is 2.30. The topological polar surface area (TPSA) is 49.4 Å². The van der Waals surface area contributed by atoms with E-state index in [9.17, 15) is 14.0 Å². The lowest BCUT2D eigenvalue weighted by molar-refractivity contribution is -0.117. The average molecular weight is 326 g/mol. The smallest absolute Gasteiger partial charge is 0.251 e. The van der Waals surface area contributed by atoms with Crippen molar-refractivity contribution in [3.8, 4) is 0 Å². The molecule has 4 nitrogen and oxygen atoms in total. The second-order valence-corrected chi connectivity index (χ2v) is 6.13. The van der Waals surface area contributed by atoms with Gasteiger partial charge in [0, 0.05) is 36.7 Å². The van der Waals surface area contributed by atoms with Crippen molar-refractivity contribution in [2.75, 3.05) is 18.0 Å². The van der Waals surface area contributed by atoms with Crippen molar-refractivity contribution in [1.29, 1.82) is 0 Å². The highest BCUT2D eigenvalue weighted by Crippen LogP contribution is 2.24. The van der Waals surface area contributed by atoms with Crippen molar-refractivity contribution in [2.45, 2.75) is 13.3 Å². The first-order valence-electron chi connectivity index (χ1n) is 7.94. The van der Waals surface area contributed by atoms with E-state index in [-0.39, 0.29) is 23.5 Å². The first-order valence-corrected chi connectivity index (χ1v) is 7.94. The quantitative estimate of drug-likeness (QED) is 0.939. The van der Waals surface area contributed by atoms with E-state index in [0.717, 1.165) is 5.56 Å². The molecule has 24 heavy (non-hydrogen) atoms. The molecular formula is C19H19FN2O2. The summed E-state index contributed by atoms with van der Waals surface area (Å²) >= 11 is 0. The highest BCUT2D eigenvalue weighted by atomic mass is 19.1. The highest BCUT2D eigenvalue weighted by molar-refractivity contribution is 5.96. The van der Waals surface area contributed by atoms with E-state index in [0.29, 0.717) is 30.8 Å². The van der Waals surface area contributed by atoms with E-state index < -0.39 is 0 Å². The lowest BCUT2D eigenvalue weighted by Gasteiger charge is -2.17. The number of aryl methyl sites for hydroxylation is 1. The van der Waals surface area contributed by atoms with Gasteiger partial charge in [-0.05, 0) is 43.3 Å². The Morgan fingerprint density at radius 1 is 1.17 bits per heavy atom. The van der Waals surface area contributed by atoms with Gasteiger partial charge in [-0.3, -0.25) is 9.59 Å². The fourth-order valence-electron chi connectivity index (χ4n) is 2.83. The molecule has 0 radical (unpaired) electrons. The van der Waals surface area contributed by atoms with Crippen molar-refractivity contribution in [1.82, 2.24) is 5.32 Å². The number of halogens is 1. The second kappa shape index (κ2) is 6.83. The molecule has 1 heterocycles. The first kappa shape index (κ1) is 16.2. The minimum absolute atomic E-state index is 0.00352. The predicted molar refractivity (Wildman–Crippen MR) is 90.4 cm³/mol. The van der Waals surface area contributed by atoms with E-state index in [2.05, 4.69) is 5.32 Å². The zero-order valence-electron chi connectivity index (χ0n) is 13.5. The van der Waals surface area contributed by atoms with Crippen LogP contribution in [0.25, 0.3) is 0 Å². The molecule has 0 unspecified atom stereocenters. The number of benzene rings is 2. The van der Waals surface area contributed by atoms with Crippen molar-refractivity contribution in [3.05, 3.63) is 65.5 Å². The van der Waals surface area contributed by atoms with Crippen LogP contribution in [0.4, 0.5) is 10.1 Å². The lowest BCUT2D eigenvalue weighted by atomic mass is 10.1. The molecule has 1 aliphatic rings. The Labute approximate surface area is 140 Å². The van der Waals surface area contributed by atoms with Gasteiger partial charge < -0.3 is 10.2 Å². The van der Waals surface area contributed by atoms with Crippen LogP contribution in [0.3, 0.4) is 0 Å². The van der Waals surface area contributed by atoms with Crippen molar-refractivity contribution < 1.29 is 14.0 Å². The Kier molecular flexibility index (Phi) is 4.60. The maximum absolute atomic E-state index is 13.0. The molecule has 1 saturated heterocycles. The summed E-state index contributed by atoms with van der Waals surface area (Å²) < 4.78 is 13.0. The van der Waals surface area contributed by atoms with Crippen molar-refractivity contribution in [2.24, 2.45) is 5.92 Å². The Morgan fingerprint density at radius 3 is 2.50 bits per heavy atom. The van der Waals surface area contributed by atoms with Gasteiger partial charge in [0.05, 0.1) is 0 Å². The van der Waals surface area contributed by atoms with Crippen LogP contribution in [0.15, 0.2) is 48.5 Å². The predicted octanol–water partition coefficient (Wildman–Crippen LogP) is 2.92. The molecule has 2 aromatic carbocycles. The summed E-state index contributed by atoms with van der Waals surface area (Å²) in [5.41, 5.74) is 2.40. The van der Waals surface area contributed by atoms with Gasteiger partial charge in [0.25, 0.3) is 5.91 Å². The molecule has 124 valence electrons. The average Bonchev–Trinajstić information content (AvgIpc) is 2.95. The van der Waals surface area contributed by atoms with E-state index in [1.165, 1.54) is 12.1 Å². The summed E-state index contributed by atoms with van der Waals surface area (Å²) in [6.45, 7) is 2.94. The van der Waals surface area contributed by atoms with Crippen LogP contribution in [0.1, 0.15) is 22.3 Å². The Morgan fingerprint density at radius 2 is 1.83 bits per heavy atom. The van der Waals surface area contributed by atoms with Crippen LogP contribution >= 0.6 is 0 Å². The van der Waals surface area contributed by atoms with E-state index in [4.69, 9.17) is 0 Å². The number of hydrogen-bond acceptors (Lipinski definition) is 2. The van der Waals surface area contributed by atoms with Gasteiger partial charge in [0.15, 0.2) is 0 Å². The maximum atomic E-state index is 13.0. The van der Waals surface area contributed by atoms with Crippen LogP contribution in [0, 0.1) is 18.7 Å². The number of amides is 2. The molecule has 2 aromatic rings. The second-order valence-electron chi connectivity index (χ2n) is 6.13. The molecule has 0 saturated carbocycles. The molecule has 1 fully saturated rings. The summed E-state index contributed by atoms with van der Waals surface area (Å²) in [5, 5.41) is 2.88. The Balaban J connectivity index is 1.57. The fourth-order valence-corrected chi connectivity index (χ4v) is 2.83. The van der Waals surface area contributed by atoms with Crippen LogP contribution in [0.5, 0.6) is 0 Å². The molecule has 0 spiro atoms. The van der Waals surface area contributed by atoms with Crippen molar-refractivity contribution >= 4 is 17.5 Å². The summed E-state index contributed by atoms with van der Waals surface area (Å²) in [6.07, 6.45) is 0.381. The first-order chi connectivity index (χ1) is 11.5. The number of anilines is 1. The van der Waals surface area contributed by atoms with Crippen molar-refractivity contribution in [3.63, 3.8) is 0 Å². The largest absolute Gasteiger partial charge is 0.352 e. The summed E-state index contributed by atoms with van der Waals surface area (Å²) in [4.78, 5) is 25.9. The number of nitrogens with one attached hydrogen (secondary N) is 1. The number of hydrogen-bond donors (Lipinski definition) is 1. The van der Waals surface area contributed by atoms with Crippen LogP contribution < -0.4 is 10.2 Å². The molecule has 0 bridgehead atoms. The van der Waals surface area contributed by atoms with Gasteiger partial charge in [-0.25, -0.2) is 4.39 Å². The normalized spacial score (nSPS) is 17.2. The molecule has 0 aliphatic carbocycles. The third-order valence-electron chi connectivity index (χ3n) is 4.21.